The lowest BCUT2D eigenvalue weighted by molar-refractivity contribution is -0.157. The molecule has 49 heavy (non-hydrogen) atoms. The van der Waals surface area contributed by atoms with E-state index in [0.717, 1.165) is 0 Å². The molecule has 16 heteroatoms. The summed E-state index contributed by atoms with van der Waals surface area (Å²) in [5.74, 6) is -4.32. The van der Waals surface area contributed by atoms with E-state index in [9.17, 15) is 33.6 Å². The van der Waals surface area contributed by atoms with E-state index in [2.05, 4.69) is 26.6 Å². The first-order valence-corrected chi connectivity index (χ1v) is 16.8. The zero-order valence-electron chi connectivity index (χ0n) is 31.1. The number of nitrogens with one attached hydrogen (secondary N) is 5. The minimum absolute atomic E-state index is 0.00606. The fourth-order valence-electron chi connectivity index (χ4n) is 5.04. The van der Waals surface area contributed by atoms with Crippen molar-refractivity contribution in [3.8, 4) is 0 Å². The van der Waals surface area contributed by atoms with E-state index in [0.29, 0.717) is 0 Å². The van der Waals surface area contributed by atoms with Crippen LogP contribution in [0.4, 0.5) is 4.79 Å². The van der Waals surface area contributed by atoms with Crippen LogP contribution >= 0.6 is 0 Å². The number of amides is 6. The van der Waals surface area contributed by atoms with E-state index >= 15 is 0 Å². The number of hydrogen-bond acceptors (Lipinski definition) is 10. The van der Waals surface area contributed by atoms with Crippen molar-refractivity contribution in [2.45, 2.75) is 124 Å². The molecular weight excluding hydrogens is 640 g/mol. The molecule has 0 bridgehead atoms. The number of hydrogen-bond donors (Lipinski definition) is 5. The molecule has 1 fully saturated rings. The van der Waals surface area contributed by atoms with Crippen LogP contribution in [0.2, 0.25) is 0 Å². The first kappa shape index (κ1) is 43.1. The molecule has 0 radical (unpaired) electrons. The van der Waals surface area contributed by atoms with Crippen LogP contribution in [0.15, 0.2) is 0 Å². The summed E-state index contributed by atoms with van der Waals surface area (Å²) in [7, 11) is 1.22. The summed E-state index contributed by atoms with van der Waals surface area (Å²) < 4.78 is 15.7. The summed E-state index contributed by atoms with van der Waals surface area (Å²) in [6.07, 6.45) is -1.27. The Bertz CT molecular complexity index is 1180. The monoisotopic (exact) mass is 698 g/mol. The van der Waals surface area contributed by atoms with E-state index in [1.165, 1.54) is 18.9 Å². The molecule has 6 atom stereocenters. The van der Waals surface area contributed by atoms with E-state index in [4.69, 9.17) is 14.2 Å². The average molecular weight is 699 g/mol. The highest BCUT2D eigenvalue weighted by Gasteiger charge is 2.42. The molecule has 1 saturated heterocycles. The first-order valence-electron chi connectivity index (χ1n) is 16.8. The van der Waals surface area contributed by atoms with Gasteiger partial charge in [-0.2, -0.15) is 0 Å². The Kier molecular flexibility index (Phi) is 17.0. The van der Waals surface area contributed by atoms with Gasteiger partial charge in [0, 0.05) is 6.54 Å². The zero-order valence-corrected chi connectivity index (χ0v) is 31.1. The minimum atomic E-state index is -1.13. The summed E-state index contributed by atoms with van der Waals surface area (Å²) in [5.41, 5.74) is -0.771. The number of nitrogens with zero attached hydrogens (tertiary/aromatic N) is 1. The molecule has 0 saturated carbocycles. The molecule has 1 heterocycles. The number of rotatable bonds is 15. The molecule has 1 aliphatic rings. The molecule has 0 aromatic carbocycles. The molecule has 0 aromatic heterocycles. The van der Waals surface area contributed by atoms with Gasteiger partial charge in [-0.25, -0.2) is 9.59 Å². The van der Waals surface area contributed by atoms with Crippen LogP contribution < -0.4 is 26.6 Å². The lowest BCUT2D eigenvalue weighted by atomic mass is 9.99. The Hall–Kier alpha value is -3.95. The molecule has 280 valence electrons. The number of carbonyl (C=O) groups excluding carboxylic acids is 7. The van der Waals surface area contributed by atoms with Crippen molar-refractivity contribution < 1.29 is 47.8 Å². The number of ether oxygens (including phenoxy) is 3. The second-order valence-electron chi connectivity index (χ2n) is 14.4. The molecule has 5 N–H and O–H groups in total. The van der Waals surface area contributed by atoms with E-state index in [1.807, 2.05) is 13.8 Å². The predicted molar refractivity (Wildman–Crippen MR) is 180 cm³/mol. The molecule has 0 aromatic rings. The number of morpholine rings is 1. The standard InChI is InChI=1S/C33H58N6O10/c1-17(2)15-22(28(42)38-25(19(5)6)31(45)47-12)36-23(40)16-34-29(43)26-21(8)48-14-13-39(26)30(44)24(18(3)4)37-27(41)20(7)35-32(46)49-33(9,10)11/h17-22,24-26H,13-16H2,1-12H3,(H,34,43)(H,35,46)(H,36,40)(H,37,41)(H,38,42)/t20-,21-,22-,24-,25-,26+/m1/s1. The lowest BCUT2D eigenvalue weighted by Crippen LogP contribution is -2.64. The topological polar surface area (TPSA) is 211 Å². The predicted octanol–water partition coefficient (Wildman–Crippen LogP) is 0.617. The van der Waals surface area contributed by atoms with Crippen LogP contribution in [-0.4, -0.2) is 115 Å². The summed E-state index contributed by atoms with van der Waals surface area (Å²) in [5, 5.41) is 12.9. The van der Waals surface area contributed by atoms with Gasteiger partial charge in [0.1, 0.15) is 35.8 Å². The summed E-state index contributed by atoms with van der Waals surface area (Å²) in [6.45, 7) is 18.5. The van der Waals surface area contributed by atoms with Crippen LogP contribution in [0, 0.1) is 17.8 Å². The Morgan fingerprint density at radius 1 is 0.837 bits per heavy atom. The van der Waals surface area contributed by atoms with Crippen molar-refractivity contribution >= 4 is 41.6 Å². The number of methoxy groups -OCH3 is 1. The van der Waals surface area contributed by atoms with Crippen molar-refractivity contribution in [3.63, 3.8) is 0 Å². The van der Waals surface area contributed by atoms with Gasteiger partial charge in [0.2, 0.25) is 29.5 Å². The lowest BCUT2D eigenvalue weighted by Gasteiger charge is -2.41. The molecule has 1 aliphatic heterocycles. The maximum atomic E-state index is 13.8. The van der Waals surface area contributed by atoms with Gasteiger partial charge in [0.15, 0.2) is 0 Å². The van der Waals surface area contributed by atoms with Gasteiger partial charge in [0.25, 0.3) is 0 Å². The third kappa shape index (κ3) is 14.2. The highest BCUT2D eigenvalue weighted by atomic mass is 16.6. The first-order chi connectivity index (χ1) is 22.6. The van der Waals surface area contributed by atoms with Crippen molar-refractivity contribution in [3.05, 3.63) is 0 Å². The van der Waals surface area contributed by atoms with Crippen molar-refractivity contribution in [2.75, 3.05) is 26.8 Å². The Morgan fingerprint density at radius 2 is 1.41 bits per heavy atom. The normalized spacial score (nSPS) is 18.9. The SMILES string of the molecule is COC(=O)[C@H](NC(=O)[C@@H](CC(C)C)NC(=O)CNC(=O)[C@@H]1[C@@H](C)OCCN1C(=O)[C@H](NC(=O)[C@@H](C)NC(=O)OC(C)(C)C)C(C)C)C(C)C. The van der Waals surface area contributed by atoms with Gasteiger partial charge in [-0.05, 0) is 58.8 Å². The molecule has 1 rings (SSSR count). The largest absolute Gasteiger partial charge is 0.467 e. The third-order valence-corrected chi connectivity index (χ3v) is 7.60. The van der Waals surface area contributed by atoms with Crippen molar-refractivity contribution in [2.24, 2.45) is 17.8 Å². The highest BCUT2D eigenvalue weighted by molar-refractivity contribution is 5.96. The van der Waals surface area contributed by atoms with Crippen LogP contribution in [0.25, 0.3) is 0 Å². The third-order valence-electron chi connectivity index (χ3n) is 7.60. The highest BCUT2D eigenvalue weighted by Crippen LogP contribution is 2.18. The molecule has 0 aliphatic carbocycles. The zero-order chi connectivity index (χ0) is 37.8. The Balaban J connectivity index is 3.02. The summed E-state index contributed by atoms with van der Waals surface area (Å²) in [6, 6.07) is -5.11. The Labute approximate surface area is 289 Å². The van der Waals surface area contributed by atoms with Gasteiger partial charge >= 0.3 is 12.1 Å². The molecule has 6 amide bonds. The maximum absolute atomic E-state index is 13.8. The Morgan fingerprint density at radius 3 is 1.92 bits per heavy atom. The second kappa shape index (κ2) is 19.3. The molecule has 0 spiro atoms. The van der Waals surface area contributed by atoms with Crippen LogP contribution in [0.1, 0.15) is 82.6 Å². The fourth-order valence-corrected chi connectivity index (χ4v) is 5.04. The van der Waals surface area contributed by atoms with E-state index in [-0.39, 0.29) is 31.4 Å². The quantitative estimate of drug-likeness (QED) is 0.151. The number of alkyl carbamates (subject to hydrolysis) is 1. The molecule has 0 unspecified atom stereocenters. The fraction of sp³-hybridized carbons (Fsp3) is 0.788. The summed E-state index contributed by atoms with van der Waals surface area (Å²) >= 11 is 0. The number of carbonyl (C=O) groups is 7. The maximum Gasteiger partial charge on any atom is 0.408 e. The van der Waals surface area contributed by atoms with Crippen LogP contribution in [0.5, 0.6) is 0 Å². The number of esters is 1. The average Bonchev–Trinajstić information content (AvgIpc) is 2.98. The molecular formula is C33H58N6O10. The van der Waals surface area contributed by atoms with Gasteiger partial charge in [-0.3, -0.25) is 24.0 Å². The van der Waals surface area contributed by atoms with Crippen LogP contribution in [0.3, 0.4) is 0 Å². The summed E-state index contributed by atoms with van der Waals surface area (Å²) in [4.78, 5) is 92.0. The van der Waals surface area contributed by atoms with Crippen molar-refractivity contribution in [1.82, 2.24) is 31.5 Å². The van der Waals surface area contributed by atoms with Crippen molar-refractivity contribution in [1.29, 1.82) is 0 Å². The minimum Gasteiger partial charge on any atom is -0.467 e. The van der Waals surface area contributed by atoms with E-state index in [1.54, 1.807) is 55.4 Å². The smallest absolute Gasteiger partial charge is 0.408 e. The van der Waals surface area contributed by atoms with Gasteiger partial charge < -0.3 is 45.7 Å². The van der Waals surface area contributed by atoms with Gasteiger partial charge in [-0.1, -0.05) is 41.5 Å². The van der Waals surface area contributed by atoms with Gasteiger partial charge in [-0.15, -0.1) is 0 Å². The molecule has 16 nitrogen and oxygen atoms in total. The van der Waals surface area contributed by atoms with E-state index < -0.39 is 96.0 Å². The second-order valence-corrected chi connectivity index (χ2v) is 14.4. The van der Waals surface area contributed by atoms with Crippen LogP contribution in [-0.2, 0) is 43.0 Å². The van der Waals surface area contributed by atoms with Gasteiger partial charge in [0.05, 0.1) is 26.4 Å².